The van der Waals surface area contributed by atoms with Gasteiger partial charge in [-0.2, -0.15) is 0 Å². The highest BCUT2D eigenvalue weighted by molar-refractivity contribution is 5.73. The van der Waals surface area contributed by atoms with Gasteiger partial charge in [-0.1, -0.05) is 26.0 Å². The molecule has 1 unspecified atom stereocenters. The van der Waals surface area contributed by atoms with Gasteiger partial charge in [-0.15, -0.1) is 0 Å². The minimum atomic E-state index is -1.42. The number of ether oxygens (including phenoxy) is 11. The highest BCUT2D eigenvalue weighted by atomic mass is 16.8. The third-order valence-corrected chi connectivity index (χ3v) is 8.54. The van der Waals surface area contributed by atoms with Gasteiger partial charge in [-0.05, 0) is 43.9 Å². The van der Waals surface area contributed by atoms with Crippen molar-refractivity contribution in [3.63, 3.8) is 0 Å². The largest absolute Gasteiger partial charge is 0.494 e. The van der Waals surface area contributed by atoms with E-state index in [1.54, 1.807) is 13.8 Å². The molecule has 3 aliphatic rings. The normalized spacial score (nSPS) is 29.1. The highest BCUT2D eigenvalue weighted by Gasteiger charge is 2.58. The molecule has 54 heavy (non-hydrogen) atoms. The molecule has 0 radical (unpaired) electrons. The summed E-state index contributed by atoms with van der Waals surface area (Å²) in [4.78, 5) is 61.0. The van der Waals surface area contributed by atoms with Crippen LogP contribution in [0.15, 0.2) is 24.3 Å². The predicted molar refractivity (Wildman–Crippen MR) is 184 cm³/mol. The number of hydrogen-bond donors (Lipinski definition) is 1. The van der Waals surface area contributed by atoms with Crippen LogP contribution in [0.4, 0.5) is 0 Å². The zero-order valence-electron chi connectivity index (χ0n) is 32.2. The summed E-state index contributed by atoms with van der Waals surface area (Å²) in [6, 6.07) is 6.23. The Balaban J connectivity index is 1.58. The number of rotatable bonds is 17. The number of hydrogen-bond acceptors (Lipinski definition) is 16. The van der Waals surface area contributed by atoms with E-state index < -0.39 is 110 Å². The Morgan fingerprint density at radius 2 is 1.48 bits per heavy atom. The summed E-state index contributed by atoms with van der Waals surface area (Å²) >= 11 is 0. The number of carbonyl (C=O) groups excluding carboxylic acids is 5. The van der Waals surface area contributed by atoms with Gasteiger partial charge in [-0.3, -0.25) is 24.0 Å². The lowest BCUT2D eigenvalue weighted by Gasteiger charge is -2.45. The van der Waals surface area contributed by atoms with Crippen LogP contribution >= 0.6 is 0 Å². The molecule has 3 fully saturated rings. The van der Waals surface area contributed by atoms with Crippen LogP contribution in [0.3, 0.4) is 0 Å². The molecular weight excluding hydrogens is 714 g/mol. The number of fused-ring (bicyclic) bond motifs is 1. The maximum absolute atomic E-state index is 12.5. The quantitative estimate of drug-likeness (QED) is 0.179. The van der Waals surface area contributed by atoms with Gasteiger partial charge in [0, 0.05) is 34.6 Å². The molecule has 4 rings (SSSR count). The lowest BCUT2D eigenvalue weighted by atomic mass is 9.96. The first-order valence-corrected chi connectivity index (χ1v) is 18.0. The highest BCUT2D eigenvalue weighted by Crippen LogP contribution is 2.41. The molecule has 1 aromatic carbocycles. The summed E-state index contributed by atoms with van der Waals surface area (Å²) in [6.07, 6.45) is -8.94. The summed E-state index contributed by atoms with van der Waals surface area (Å²) in [5.74, 6) is -3.14. The van der Waals surface area contributed by atoms with Crippen LogP contribution in [0.5, 0.6) is 5.75 Å². The number of esters is 4. The summed E-state index contributed by atoms with van der Waals surface area (Å²) in [5.41, 5.74) is 0.832. The summed E-state index contributed by atoms with van der Waals surface area (Å²) in [6.45, 7) is 13.5. The Kier molecular flexibility index (Phi) is 15.2. The first-order valence-electron chi connectivity index (χ1n) is 18.0. The topological polar surface area (TPSA) is 199 Å². The Labute approximate surface area is 314 Å². The molecule has 1 N–H and O–H groups in total. The van der Waals surface area contributed by atoms with E-state index >= 15 is 0 Å². The van der Waals surface area contributed by atoms with Gasteiger partial charge >= 0.3 is 23.9 Å². The van der Waals surface area contributed by atoms with Gasteiger partial charge in [0.05, 0.1) is 19.8 Å². The number of amides is 1. The fraction of sp³-hybridized carbons (Fsp3) is 0.703. The van der Waals surface area contributed by atoms with Crippen LogP contribution < -0.4 is 10.1 Å². The monoisotopic (exact) mass is 767 g/mol. The second kappa shape index (κ2) is 19.1. The minimum absolute atomic E-state index is 0.132. The Hall–Kier alpha value is -3.87. The van der Waals surface area contributed by atoms with Gasteiger partial charge < -0.3 is 57.4 Å². The van der Waals surface area contributed by atoms with Crippen LogP contribution in [0, 0.1) is 5.92 Å². The molecule has 0 spiro atoms. The lowest BCUT2D eigenvalue weighted by molar-refractivity contribution is -0.287. The summed E-state index contributed by atoms with van der Waals surface area (Å²) < 4.78 is 64.9. The molecule has 302 valence electrons. The average molecular weight is 768 g/mol. The van der Waals surface area contributed by atoms with Crippen LogP contribution in [0.25, 0.3) is 0 Å². The molecule has 0 aliphatic carbocycles. The van der Waals surface area contributed by atoms with E-state index in [1.165, 1.54) is 20.8 Å². The number of benzene rings is 1. The number of nitrogens with one attached hydrogen (secondary N) is 1. The van der Waals surface area contributed by atoms with Crippen LogP contribution in [0.2, 0.25) is 0 Å². The first kappa shape index (κ1) is 42.9. The SMILES string of the molecule is CC(=O)N[C@H]1[C@H](OCC(OC(C)=O)[C@H]2O[C@@H]3OC(C)(C)O[C@@H]3[C@H]2OCc2ccc(OCCC(C)C)cc2)O[C@H](COC(C)=O)[C@@H](OC(C)=O)[C@@H]1OC(C)=O. The van der Waals surface area contributed by atoms with E-state index in [2.05, 4.69) is 19.2 Å². The van der Waals surface area contributed by atoms with E-state index in [4.69, 9.17) is 52.1 Å². The van der Waals surface area contributed by atoms with Crippen molar-refractivity contribution in [2.45, 2.75) is 142 Å². The third kappa shape index (κ3) is 12.3. The maximum atomic E-state index is 12.5. The van der Waals surface area contributed by atoms with Crippen LogP contribution in [0.1, 0.15) is 74.3 Å². The molecule has 17 heteroatoms. The van der Waals surface area contributed by atoms with Crippen molar-refractivity contribution < 1.29 is 76.1 Å². The molecule has 1 amide bonds. The van der Waals surface area contributed by atoms with E-state index in [0.29, 0.717) is 12.5 Å². The lowest BCUT2D eigenvalue weighted by Crippen LogP contribution is -2.67. The van der Waals surface area contributed by atoms with Crippen molar-refractivity contribution in [2.24, 2.45) is 5.92 Å². The van der Waals surface area contributed by atoms with Crippen molar-refractivity contribution in [3.8, 4) is 5.75 Å². The fourth-order valence-corrected chi connectivity index (χ4v) is 6.31. The van der Waals surface area contributed by atoms with Crippen molar-refractivity contribution in [1.82, 2.24) is 5.32 Å². The van der Waals surface area contributed by atoms with Gasteiger partial charge in [0.2, 0.25) is 5.91 Å². The number of carbonyl (C=O) groups is 5. The Bertz CT molecular complexity index is 1450. The zero-order chi connectivity index (χ0) is 39.7. The second-order valence-electron chi connectivity index (χ2n) is 14.2. The molecule has 3 heterocycles. The summed E-state index contributed by atoms with van der Waals surface area (Å²) in [7, 11) is 0. The average Bonchev–Trinajstić information content (AvgIpc) is 3.54. The van der Waals surface area contributed by atoms with E-state index in [9.17, 15) is 24.0 Å². The molecule has 0 aromatic heterocycles. The Morgan fingerprint density at radius 1 is 0.815 bits per heavy atom. The standard InChI is InChI=1S/C37H53NO16/c1-19(2)14-15-44-26-12-10-25(11-13-26)16-46-33-31(52-36-34(33)53-37(8,9)54-36)27(48-22(5)41)18-47-35-29(38-20(3)39)32(50-24(7)43)30(49-23(6)42)28(51-35)17-45-21(4)40/h10-13,19,27-36H,14-18H2,1-9H3,(H,38,39)/t27?,28-,29-,30-,31-,32-,33+,34-,35-,36-/m1/s1. The van der Waals surface area contributed by atoms with Crippen molar-refractivity contribution in [2.75, 3.05) is 19.8 Å². The second-order valence-corrected chi connectivity index (χ2v) is 14.2. The van der Waals surface area contributed by atoms with Gasteiger partial charge in [-0.25, -0.2) is 0 Å². The van der Waals surface area contributed by atoms with Crippen LogP contribution in [-0.4, -0.2) is 117 Å². The van der Waals surface area contributed by atoms with Gasteiger partial charge in [0.25, 0.3) is 0 Å². The summed E-state index contributed by atoms with van der Waals surface area (Å²) in [5, 5.41) is 2.64. The predicted octanol–water partition coefficient (Wildman–Crippen LogP) is 2.48. The third-order valence-electron chi connectivity index (χ3n) is 8.54. The first-order chi connectivity index (χ1) is 25.4. The molecular formula is C37H53NO16. The van der Waals surface area contributed by atoms with Gasteiger partial charge in [0.1, 0.15) is 42.8 Å². The molecule has 0 bridgehead atoms. The van der Waals surface area contributed by atoms with Crippen molar-refractivity contribution in [3.05, 3.63) is 29.8 Å². The molecule has 3 saturated heterocycles. The molecule has 17 nitrogen and oxygen atoms in total. The minimum Gasteiger partial charge on any atom is -0.494 e. The molecule has 3 aliphatic heterocycles. The molecule has 10 atom stereocenters. The fourth-order valence-electron chi connectivity index (χ4n) is 6.31. The van der Waals surface area contributed by atoms with Crippen molar-refractivity contribution in [1.29, 1.82) is 0 Å². The van der Waals surface area contributed by atoms with E-state index in [-0.39, 0.29) is 6.61 Å². The smallest absolute Gasteiger partial charge is 0.303 e. The van der Waals surface area contributed by atoms with E-state index in [0.717, 1.165) is 31.6 Å². The Morgan fingerprint density at radius 3 is 2.07 bits per heavy atom. The van der Waals surface area contributed by atoms with Crippen LogP contribution in [-0.2, 0) is 77.9 Å². The van der Waals surface area contributed by atoms with E-state index in [1.807, 2.05) is 24.3 Å². The zero-order valence-corrected chi connectivity index (χ0v) is 32.2. The maximum Gasteiger partial charge on any atom is 0.303 e. The van der Waals surface area contributed by atoms with Gasteiger partial charge in [0.15, 0.2) is 36.7 Å². The molecule has 1 aromatic rings. The molecule has 0 saturated carbocycles. The van der Waals surface area contributed by atoms with Crippen molar-refractivity contribution >= 4 is 29.8 Å².